The molecule has 1 fully saturated rings. The van der Waals surface area contributed by atoms with Gasteiger partial charge >= 0.3 is 5.97 Å². The molecule has 1 aliphatic carbocycles. The summed E-state index contributed by atoms with van der Waals surface area (Å²) >= 11 is 11.6. The van der Waals surface area contributed by atoms with Crippen molar-refractivity contribution >= 4 is 45.1 Å². The molecular formula is C18H24Cl2N2O5S. The molecule has 1 amide bonds. The lowest BCUT2D eigenvalue weighted by Gasteiger charge is -2.31. The van der Waals surface area contributed by atoms with Gasteiger partial charge in [-0.3, -0.25) is 9.59 Å². The van der Waals surface area contributed by atoms with Gasteiger partial charge in [-0.1, -0.05) is 42.5 Å². The molecule has 0 radical (unpaired) electrons. The van der Waals surface area contributed by atoms with Gasteiger partial charge in [-0.15, -0.1) is 0 Å². The number of ether oxygens (including phenoxy) is 1. The van der Waals surface area contributed by atoms with Crippen LogP contribution in [-0.2, 0) is 24.3 Å². The van der Waals surface area contributed by atoms with Crippen molar-refractivity contribution in [3.8, 4) is 0 Å². The van der Waals surface area contributed by atoms with Crippen LogP contribution >= 0.6 is 23.2 Å². The van der Waals surface area contributed by atoms with Crippen LogP contribution in [0.5, 0.6) is 0 Å². The lowest BCUT2D eigenvalue weighted by Crippen LogP contribution is -2.43. The van der Waals surface area contributed by atoms with Gasteiger partial charge in [0, 0.05) is 13.1 Å². The number of halogens is 2. The zero-order valence-electron chi connectivity index (χ0n) is 15.8. The number of sulfonamides is 1. The Morgan fingerprint density at radius 3 is 2.46 bits per heavy atom. The fourth-order valence-corrected chi connectivity index (χ4v) is 4.61. The van der Waals surface area contributed by atoms with Gasteiger partial charge in [-0.2, -0.15) is 4.72 Å². The number of esters is 1. The van der Waals surface area contributed by atoms with Crippen molar-refractivity contribution in [3.05, 3.63) is 28.2 Å². The smallest absolute Gasteiger partial charge is 0.324 e. The Hall–Kier alpha value is -1.35. The summed E-state index contributed by atoms with van der Waals surface area (Å²) in [5.74, 6) is -1.14. The third-order valence-corrected chi connectivity index (χ3v) is 7.02. The minimum atomic E-state index is -4.01. The number of likely N-dealkylation sites (N-methyl/N-ethyl adjacent to an activating group) is 1. The molecule has 0 bridgehead atoms. The summed E-state index contributed by atoms with van der Waals surface area (Å²) in [7, 11) is -2.31. The topological polar surface area (TPSA) is 92.8 Å². The van der Waals surface area contributed by atoms with E-state index in [2.05, 4.69) is 4.72 Å². The summed E-state index contributed by atoms with van der Waals surface area (Å²) in [6.45, 7) is 0.914. The lowest BCUT2D eigenvalue weighted by molar-refractivity contribution is -0.153. The summed E-state index contributed by atoms with van der Waals surface area (Å²) in [5.41, 5.74) is 0. The average molecular weight is 451 g/mol. The van der Waals surface area contributed by atoms with E-state index in [4.69, 9.17) is 27.9 Å². The van der Waals surface area contributed by atoms with E-state index >= 15 is 0 Å². The van der Waals surface area contributed by atoms with Crippen molar-refractivity contribution in [1.82, 2.24) is 9.62 Å². The number of nitrogens with zero attached hydrogens (tertiary/aromatic N) is 1. The van der Waals surface area contributed by atoms with Gasteiger partial charge < -0.3 is 9.64 Å². The predicted molar refractivity (Wildman–Crippen MR) is 107 cm³/mol. The first-order valence-electron chi connectivity index (χ1n) is 9.01. The molecule has 0 aromatic heterocycles. The largest absolute Gasteiger partial charge is 0.454 e. The van der Waals surface area contributed by atoms with Crippen LogP contribution < -0.4 is 4.72 Å². The van der Waals surface area contributed by atoms with Gasteiger partial charge in [0.2, 0.25) is 10.0 Å². The Morgan fingerprint density at radius 1 is 1.21 bits per heavy atom. The number of nitrogens with one attached hydrogen (secondary N) is 1. The molecule has 28 heavy (non-hydrogen) atoms. The van der Waals surface area contributed by atoms with E-state index in [-0.39, 0.29) is 26.9 Å². The summed E-state index contributed by atoms with van der Waals surface area (Å²) in [6.07, 6.45) is 5.21. The minimum Gasteiger partial charge on any atom is -0.454 e. The Labute approximate surface area is 175 Å². The Balaban J connectivity index is 1.89. The van der Waals surface area contributed by atoms with Gasteiger partial charge in [0.25, 0.3) is 5.91 Å². The number of rotatable bonds is 7. The van der Waals surface area contributed by atoms with Crippen LogP contribution in [0, 0.1) is 0 Å². The molecule has 10 heteroatoms. The van der Waals surface area contributed by atoms with Crippen LogP contribution in [0.25, 0.3) is 0 Å². The highest BCUT2D eigenvalue weighted by Gasteiger charge is 2.26. The molecule has 0 unspecified atom stereocenters. The van der Waals surface area contributed by atoms with Crippen molar-refractivity contribution in [1.29, 1.82) is 0 Å². The highest BCUT2D eigenvalue weighted by atomic mass is 35.5. The standard InChI is InChI=1S/C18H24Cl2N2O5S/c1-12(21-28(25,26)14-8-9-15(19)16(20)10-14)18(24)27-11-17(23)22(2)13-6-4-3-5-7-13/h8-10,12-13,21H,3-7,11H2,1-2H3/t12-/m0/s1. The van der Waals surface area contributed by atoms with Crippen molar-refractivity contribution in [2.45, 2.75) is 56.0 Å². The first-order valence-corrected chi connectivity index (χ1v) is 11.3. The third kappa shape index (κ3) is 6.07. The van der Waals surface area contributed by atoms with Crippen molar-refractivity contribution in [3.63, 3.8) is 0 Å². The highest BCUT2D eigenvalue weighted by molar-refractivity contribution is 7.89. The van der Waals surface area contributed by atoms with E-state index < -0.39 is 28.6 Å². The normalized spacial score (nSPS) is 16.4. The molecule has 0 aliphatic heterocycles. The predicted octanol–water partition coefficient (Wildman–Crippen LogP) is 2.99. The molecule has 0 heterocycles. The second-order valence-electron chi connectivity index (χ2n) is 6.82. The number of carbonyl (C=O) groups excluding carboxylic acids is 2. The molecule has 1 saturated carbocycles. The first-order chi connectivity index (χ1) is 13.1. The fraction of sp³-hybridized carbons (Fsp3) is 0.556. The number of hydrogen-bond donors (Lipinski definition) is 1. The molecule has 1 aromatic carbocycles. The SMILES string of the molecule is C[C@H](NS(=O)(=O)c1ccc(Cl)c(Cl)c1)C(=O)OCC(=O)N(C)C1CCCCC1. The first kappa shape index (κ1) is 22.9. The van der Waals surface area contributed by atoms with E-state index in [1.165, 1.54) is 31.5 Å². The lowest BCUT2D eigenvalue weighted by atomic mass is 9.94. The molecule has 1 N–H and O–H groups in total. The van der Waals surface area contributed by atoms with Crippen molar-refractivity contribution < 1.29 is 22.7 Å². The maximum Gasteiger partial charge on any atom is 0.324 e. The second kappa shape index (κ2) is 9.91. The minimum absolute atomic E-state index is 0.0797. The molecule has 1 atom stereocenters. The maximum absolute atomic E-state index is 12.4. The monoisotopic (exact) mass is 450 g/mol. The zero-order valence-corrected chi connectivity index (χ0v) is 18.1. The van der Waals surface area contributed by atoms with Crippen LogP contribution in [0.2, 0.25) is 10.0 Å². The molecular weight excluding hydrogens is 427 g/mol. The van der Waals surface area contributed by atoms with Gasteiger partial charge in [-0.25, -0.2) is 8.42 Å². The van der Waals surface area contributed by atoms with E-state index in [0.29, 0.717) is 0 Å². The maximum atomic E-state index is 12.4. The van der Waals surface area contributed by atoms with Crippen molar-refractivity contribution in [2.75, 3.05) is 13.7 Å². The summed E-state index contributed by atoms with van der Waals surface area (Å²) in [5, 5.41) is 0.296. The van der Waals surface area contributed by atoms with E-state index in [1.807, 2.05) is 0 Å². The molecule has 0 saturated heterocycles. The second-order valence-corrected chi connectivity index (χ2v) is 9.35. The number of carbonyl (C=O) groups is 2. The van der Waals surface area contributed by atoms with Gasteiger partial charge in [0.05, 0.1) is 14.9 Å². The van der Waals surface area contributed by atoms with Gasteiger partial charge in [0.15, 0.2) is 6.61 Å². The van der Waals surface area contributed by atoms with Crippen LogP contribution in [0.3, 0.4) is 0 Å². The average Bonchev–Trinajstić information content (AvgIpc) is 2.67. The van der Waals surface area contributed by atoms with Crippen molar-refractivity contribution in [2.24, 2.45) is 0 Å². The summed E-state index contributed by atoms with van der Waals surface area (Å²) in [6, 6.07) is 2.79. The Bertz CT molecular complexity index is 825. The number of benzene rings is 1. The summed E-state index contributed by atoms with van der Waals surface area (Å²) in [4.78, 5) is 25.8. The van der Waals surface area contributed by atoms with E-state index in [1.54, 1.807) is 11.9 Å². The van der Waals surface area contributed by atoms with Gasteiger partial charge in [-0.05, 0) is 38.0 Å². The molecule has 7 nitrogen and oxygen atoms in total. The summed E-state index contributed by atoms with van der Waals surface area (Å²) < 4.78 is 31.9. The molecule has 1 aromatic rings. The van der Waals surface area contributed by atoms with E-state index in [0.717, 1.165) is 25.7 Å². The highest BCUT2D eigenvalue weighted by Crippen LogP contribution is 2.25. The van der Waals surface area contributed by atoms with Crippen LogP contribution in [0.1, 0.15) is 39.0 Å². The van der Waals surface area contributed by atoms with Crippen LogP contribution in [0.4, 0.5) is 0 Å². The zero-order chi connectivity index (χ0) is 20.9. The van der Waals surface area contributed by atoms with E-state index in [9.17, 15) is 18.0 Å². The third-order valence-electron chi connectivity index (χ3n) is 4.74. The van der Waals surface area contributed by atoms with Crippen LogP contribution in [0.15, 0.2) is 23.1 Å². The molecule has 1 aliphatic rings. The molecule has 0 spiro atoms. The number of amides is 1. The van der Waals surface area contributed by atoms with Gasteiger partial charge in [0.1, 0.15) is 6.04 Å². The Kier molecular flexibility index (Phi) is 8.12. The molecule has 156 valence electrons. The Morgan fingerprint density at radius 2 is 1.86 bits per heavy atom. The van der Waals surface area contributed by atoms with Crippen LogP contribution in [-0.4, -0.2) is 50.9 Å². The fourth-order valence-electron chi connectivity index (χ4n) is 3.02. The quantitative estimate of drug-likeness (QED) is 0.644. The molecule has 2 rings (SSSR count). The number of hydrogen-bond acceptors (Lipinski definition) is 5.